The summed E-state index contributed by atoms with van der Waals surface area (Å²) in [6, 6.07) is 0. The lowest BCUT2D eigenvalue weighted by Crippen LogP contribution is -2.26. The molecule has 1 aliphatic heterocycles. The van der Waals surface area contributed by atoms with Gasteiger partial charge in [0.25, 0.3) is 0 Å². The summed E-state index contributed by atoms with van der Waals surface area (Å²) in [4.78, 5) is 21.3. The molecule has 1 saturated heterocycles. The van der Waals surface area contributed by atoms with Crippen molar-refractivity contribution in [3.05, 3.63) is 12.7 Å². The van der Waals surface area contributed by atoms with Crippen molar-refractivity contribution in [1.29, 1.82) is 0 Å². The lowest BCUT2D eigenvalue weighted by molar-refractivity contribution is -0.0335. The van der Waals surface area contributed by atoms with Crippen molar-refractivity contribution in [2.75, 3.05) is 12.3 Å². The van der Waals surface area contributed by atoms with E-state index in [0.717, 1.165) is 0 Å². The first-order chi connectivity index (χ1) is 11.7. The van der Waals surface area contributed by atoms with Gasteiger partial charge < -0.3 is 19.9 Å². The van der Waals surface area contributed by atoms with Crippen LogP contribution in [0.15, 0.2) is 12.7 Å². The Morgan fingerprint density at radius 1 is 1.52 bits per heavy atom. The Balaban J connectivity index is 1.83. The zero-order valence-electron chi connectivity index (χ0n) is 12.5. The predicted octanol–water partition coefficient (Wildman–Crippen LogP) is 1.45. The number of fused-ring (bicyclic) bond motifs is 1. The molecule has 0 spiro atoms. The van der Waals surface area contributed by atoms with Crippen molar-refractivity contribution in [2.45, 2.75) is 24.9 Å². The van der Waals surface area contributed by atoms with E-state index in [2.05, 4.69) is 39.4 Å². The van der Waals surface area contributed by atoms with E-state index in [1.54, 1.807) is 4.57 Å². The lowest BCUT2D eigenvalue weighted by atomic mass is 10.2. The van der Waals surface area contributed by atoms with Crippen molar-refractivity contribution >= 4 is 55.5 Å². The number of nitrogen functional groups attached to an aromatic ring is 1. The molecule has 2 aromatic rings. The molecule has 1 aliphatic rings. The molecule has 1 fully saturated rings. The van der Waals surface area contributed by atoms with Gasteiger partial charge in [0.1, 0.15) is 24.2 Å². The Bertz CT molecular complexity index is 846. The van der Waals surface area contributed by atoms with Crippen LogP contribution in [0.1, 0.15) is 12.6 Å². The van der Waals surface area contributed by atoms with Crippen LogP contribution in [0.3, 0.4) is 0 Å². The molecule has 0 amide bonds. The zero-order chi connectivity index (χ0) is 18.2. The van der Waals surface area contributed by atoms with Gasteiger partial charge in [0.05, 0.1) is 19.0 Å². The van der Waals surface area contributed by atoms with Gasteiger partial charge in [-0.2, -0.15) is 0 Å². The van der Waals surface area contributed by atoms with Crippen LogP contribution < -0.4 is 5.73 Å². The second-order valence-corrected chi connectivity index (χ2v) is 9.78. The summed E-state index contributed by atoms with van der Waals surface area (Å²) in [5.41, 5.74) is 6.63. The van der Waals surface area contributed by atoms with Gasteiger partial charge in [-0.05, 0) is 0 Å². The Hall–Kier alpha value is -0.650. The summed E-state index contributed by atoms with van der Waals surface area (Å²) < 4.78 is 40.0. The fourth-order valence-electron chi connectivity index (χ4n) is 2.53. The van der Waals surface area contributed by atoms with Gasteiger partial charge in [-0.1, -0.05) is 24.5 Å². The van der Waals surface area contributed by atoms with Crippen LogP contribution in [-0.4, -0.2) is 43.2 Å². The predicted molar refractivity (Wildman–Crippen MR) is 95.9 cm³/mol. The van der Waals surface area contributed by atoms with E-state index >= 15 is 0 Å². The molecule has 3 rings (SSSR count). The summed E-state index contributed by atoms with van der Waals surface area (Å²) in [7, 11) is -2.56. The van der Waals surface area contributed by atoms with E-state index in [4.69, 9.17) is 24.4 Å². The number of nitrogens with two attached hydrogens (primary N) is 1. The summed E-state index contributed by atoms with van der Waals surface area (Å²) in [6.45, 7) is -4.26. The molecule has 0 bridgehead atoms. The molecule has 11 nitrogen and oxygen atoms in total. The summed E-state index contributed by atoms with van der Waals surface area (Å²) >= 11 is 7.21. The summed E-state index contributed by atoms with van der Waals surface area (Å²) in [5, 5.41) is 0. The number of rotatable bonds is 6. The molecule has 3 heterocycles. The number of aromatic nitrogens is 4. The van der Waals surface area contributed by atoms with E-state index in [1.807, 2.05) is 0 Å². The van der Waals surface area contributed by atoms with Gasteiger partial charge in [-0.15, -0.1) is 0 Å². The van der Waals surface area contributed by atoms with E-state index < -0.39 is 32.5 Å². The van der Waals surface area contributed by atoms with E-state index in [-0.39, 0.29) is 18.8 Å². The van der Waals surface area contributed by atoms with E-state index in [0.29, 0.717) is 11.2 Å². The minimum atomic E-state index is -3.99. The fourth-order valence-corrected chi connectivity index (χ4v) is 3.98. The minimum absolute atomic E-state index is 0.228. The third-order valence-electron chi connectivity index (χ3n) is 3.54. The van der Waals surface area contributed by atoms with Crippen molar-refractivity contribution < 1.29 is 27.8 Å². The largest absolute Gasteiger partial charge is 0.383 e. The number of hydrogen-bond donors (Lipinski definition) is 4. The number of anilines is 1. The standard InChI is InChI=1S/C10H15N5O6P2S2/c11-9-8-10(13-3-12-9)15(4-14-8)7-1-5(21-22(16)24)6(20-7)2-19-23(17,18)25/h3-7,22H,1-2H2,(H,16,24)(H2,11,12,13)(H2,17,18,25)/t5-,6-,7-/m1/s1. The quantitative estimate of drug-likeness (QED) is 0.394. The number of thiol groups is 2. The Morgan fingerprint density at radius 3 is 2.96 bits per heavy atom. The summed E-state index contributed by atoms with van der Waals surface area (Å²) in [6.07, 6.45) is 1.07. The highest BCUT2D eigenvalue weighted by molar-refractivity contribution is 8.44. The average Bonchev–Trinajstić information content (AvgIpc) is 3.08. The topological polar surface area (TPSA) is 152 Å². The molecule has 3 N–H and O–H groups in total. The van der Waals surface area contributed by atoms with Crippen molar-refractivity contribution in [1.82, 2.24) is 19.5 Å². The highest BCUT2D eigenvalue weighted by Crippen LogP contribution is 2.48. The average molecular weight is 427 g/mol. The molecule has 25 heavy (non-hydrogen) atoms. The first kappa shape index (κ1) is 19.1. The minimum Gasteiger partial charge on any atom is -0.382 e. The van der Waals surface area contributed by atoms with Crippen molar-refractivity contribution in [3.8, 4) is 0 Å². The molecule has 0 saturated carbocycles. The Kier molecular flexibility index (Phi) is 5.76. The first-order valence-electron chi connectivity index (χ1n) is 6.92. The smallest absolute Gasteiger partial charge is 0.382 e. The maximum atomic E-state index is 11.4. The number of ether oxygens (including phenoxy) is 1. The molecular weight excluding hydrogens is 412 g/mol. The highest BCUT2D eigenvalue weighted by atomic mass is 32.7. The lowest BCUT2D eigenvalue weighted by Gasteiger charge is -2.18. The molecule has 15 heteroatoms. The molecule has 2 unspecified atom stereocenters. The molecule has 0 aliphatic carbocycles. The van der Waals surface area contributed by atoms with Crippen LogP contribution in [0.25, 0.3) is 11.2 Å². The fraction of sp³-hybridized carbons (Fsp3) is 0.500. The third kappa shape index (κ3) is 4.55. The second-order valence-electron chi connectivity index (χ2n) is 5.16. The van der Waals surface area contributed by atoms with E-state index in [1.165, 1.54) is 12.7 Å². The van der Waals surface area contributed by atoms with Crippen molar-refractivity contribution in [2.24, 2.45) is 0 Å². The van der Waals surface area contributed by atoms with Gasteiger partial charge in [-0.3, -0.25) is 13.7 Å². The maximum Gasteiger partial charge on any atom is 0.383 e. The molecule has 2 aromatic heterocycles. The van der Waals surface area contributed by atoms with Crippen LogP contribution in [0.4, 0.5) is 5.82 Å². The van der Waals surface area contributed by atoms with Crippen molar-refractivity contribution in [3.63, 3.8) is 0 Å². The Morgan fingerprint density at radius 2 is 2.28 bits per heavy atom. The van der Waals surface area contributed by atoms with Crippen LogP contribution in [0.5, 0.6) is 0 Å². The number of nitrogens with zero attached hydrogens (tertiary/aromatic N) is 4. The molecule has 5 atom stereocenters. The van der Waals surface area contributed by atoms with Gasteiger partial charge in [-0.25, -0.2) is 19.5 Å². The summed E-state index contributed by atoms with van der Waals surface area (Å²) in [5.74, 6) is 0.228. The first-order valence-corrected chi connectivity index (χ1v) is 12.3. The number of hydrogen-bond acceptors (Lipinski definition) is 9. The van der Waals surface area contributed by atoms with Crippen LogP contribution in [0.2, 0.25) is 0 Å². The second kappa shape index (κ2) is 7.53. The van der Waals surface area contributed by atoms with Crippen LogP contribution >= 0.6 is 38.5 Å². The molecule has 0 radical (unpaired) electrons. The van der Waals surface area contributed by atoms with Crippen LogP contribution in [0, 0.1) is 0 Å². The molecular formula is C10H15N5O6P2S2. The van der Waals surface area contributed by atoms with E-state index in [9.17, 15) is 9.13 Å². The maximum absolute atomic E-state index is 11.4. The zero-order valence-corrected chi connectivity index (χ0v) is 16.2. The van der Waals surface area contributed by atoms with Gasteiger partial charge in [0.15, 0.2) is 11.5 Å². The highest BCUT2D eigenvalue weighted by Gasteiger charge is 2.39. The molecule has 0 aromatic carbocycles. The van der Waals surface area contributed by atoms with Gasteiger partial charge >= 0.3 is 6.80 Å². The Labute approximate surface area is 153 Å². The van der Waals surface area contributed by atoms with Gasteiger partial charge in [0, 0.05) is 6.42 Å². The van der Waals surface area contributed by atoms with Crippen LogP contribution in [-0.2, 0) is 22.9 Å². The molecule has 138 valence electrons. The monoisotopic (exact) mass is 427 g/mol. The normalized spacial score (nSPS) is 27.4. The third-order valence-corrected chi connectivity index (χ3v) is 5.19. The van der Waals surface area contributed by atoms with Gasteiger partial charge in [0.2, 0.25) is 7.23 Å². The number of imidazole rings is 1. The SMILES string of the molecule is Nc1ncnc2c1ncn2[C@H]1C[C@@H](O[PH](=O)S)[C@@H](COP(=O)(O)S)O1.